The second-order valence-electron chi connectivity index (χ2n) is 6.07. The first kappa shape index (κ1) is 15.4. The van der Waals surface area contributed by atoms with Crippen LogP contribution in [0.3, 0.4) is 0 Å². The van der Waals surface area contributed by atoms with Gasteiger partial charge in [0, 0.05) is 24.7 Å². The summed E-state index contributed by atoms with van der Waals surface area (Å²) in [5, 5.41) is 6.43. The average Bonchev–Trinajstić information content (AvgIpc) is 2.82. The minimum Gasteiger partial charge on any atom is -0.341 e. The molecule has 1 saturated heterocycles. The third-order valence-corrected chi connectivity index (χ3v) is 4.93. The van der Waals surface area contributed by atoms with Gasteiger partial charge in [-0.15, -0.1) is 11.3 Å². The molecule has 1 aliphatic heterocycles. The lowest BCUT2D eigenvalue weighted by Gasteiger charge is -2.31. The van der Waals surface area contributed by atoms with Crippen LogP contribution in [0.4, 0.5) is 0 Å². The summed E-state index contributed by atoms with van der Waals surface area (Å²) < 4.78 is 0. The quantitative estimate of drug-likeness (QED) is 0.929. The molecule has 1 aromatic rings. The van der Waals surface area contributed by atoms with Crippen molar-refractivity contribution in [3.8, 4) is 0 Å². The van der Waals surface area contributed by atoms with E-state index >= 15 is 0 Å². The van der Waals surface area contributed by atoms with Crippen LogP contribution in [0.15, 0.2) is 11.6 Å². The number of aromatic nitrogens is 1. The molecule has 112 valence electrons. The first-order chi connectivity index (χ1) is 9.50. The molecule has 1 fully saturated rings. The van der Waals surface area contributed by atoms with E-state index in [2.05, 4.69) is 24.1 Å². The summed E-state index contributed by atoms with van der Waals surface area (Å²) in [5.74, 6) is 0.219. The zero-order chi connectivity index (χ0) is 14.6. The van der Waals surface area contributed by atoms with Crippen LogP contribution in [0.1, 0.15) is 51.5 Å². The molecule has 0 radical (unpaired) electrons. The lowest BCUT2D eigenvalue weighted by molar-refractivity contribution is -0.133. The summed E-state index contributed by atoms with van der Waals surface area (Å²) in [6, 6.07) is -0.174. The van der Waals surface area contributed by atoms with E-state index in [1.807, 2.05) is 23.4 Å². The van der Waals surface area contributed by atoms with Gasteiger partial charge in [0.2, 0.25) is 5.91 Å². The Kier molecular flexibility index (Phi) is 5.16. The molecule has 0 aromatic carbocycles. The number of hydrogen-bond donors (Lipinski definition) is 1. The van der Waals surface area contributed by atoms with Crippen LogP contribution in [0.2, 0.25) is 0 Å². The molecule has 1 unspecified atom stereocenters. The van der Waals surface area contributed by atoms with Crippen LogP contribution in [-0.4, -0.2) is 34.9 Å². The fourth-order valence-corrected chi connectivity index (χ4v) is 3.49. The van der Waals surface area contributed by atoms with Gasteiger partial charge in [0.05, 0.1) is 11.6 Å². The van der Waals surface area contributed by atoms with Gasteiger partial charge < -0.3 is 4.90 Å². The van der Waals surface area contributed by atoms with Crippen molar-refractivity contribution in [1.29, 1.82) is 0 Å². The number of amides is 1. The van der Waals surface area contributed by atoms with E-state index < -0.39 is 0 Å². The minimum atomic E-state index is -0.269. The maximum atomic E-state index is 12.5. The highest BCUT2D eigenvalue weighted by atomic mass is 32.1. The van der Waals surface area contributed by atoms with Gasteiger partial charge in [-0.05, 0) is 33.6 Å². The number of nitrogens with zero attached hydrogens (tertiary/aromatic N) is 2. The van der Waals surface area contributed by atoms with E-state index in [0.29, 0.717) is 0 Å². The predicted octanol–water partition coefficient (Wildman–Crippen LogP) is 2.76. The first-order valence-corrected chi connectivity index (χ1v) is 8.35. The van der Waals surface area contributed by atoms with E-state index in [-0.39, 0.29) is 17.5 Å². The Hall–Kier alpha value is -0.940. The molecule has 0 saturated carbocycles. The fourth-order valence-electron chi connectivity index (χ4n) is 2.76. The number of rotatable bonds is 4. The van der Waals surface area contributed by atoms with Crippen molar-refractivity contribution in [2.75, 3.05) is 13.1 Å². The van der Waals surface area contributed by atoms with Crippen LogP contribution in [0.5, 0.6) is 0 Å². The molecule has 5 heteroatoms. The zero-order valence-electron chi connectivity index (χ0n) is 12.7. The summed E-state index contributed by atoms with van der Waals surface area (Å²) >= 11 is 1.62. The van der Waals surface area contributed by atoms with Crippen molar-refractivity contribution < 1.29 is 4.79 Å². The van der Waals surface area contributed by atoms with Crippen LogP contribution in [0.25, 0.3) is 0 Å². The second kappa shape index (κ2) is 6.68. The van der Waals surface area contributed by atoms with Gasteiger partial charge in [0.1, 0.15) is 5.01 Å². The SMILES string of the molecule is CC(NC(C)(C)c1nccs1)C(=O)N1CCCCCC1. The lowest BCUT2D eigenvalue weighted by atomic mass is 10.0. The van der Waals surface area contributed by atoms with Crippen molar-refractivity contribution in [1.82, 2.24) is 15.2 Å². The van der Waals surface area contributed by atoms with Crippen LogP contribution in [-0.2, 0) is 10.3 Å². The smallest absolute Gasteiger partial charge is 0.239 e. The van der Waals surface area contributed by atoms with Crippen LogP contribution >= 0.6 is 11.3 Å². The van der Waals surface area contributed by atoms with Crippen molar-refractivity contribution in [2.24, 2.45) is 0 Å². The van der Waals surface area contributed by atoms with Crippen molar-refractivity contribution in [3.63, 3.8) is 0 Å². The third kappa shape index (κ3) is 3.79. The van der Waals surface area contributed by atoms with Crippen molar-refractivity contribution in [3.05, 3.63) is 16.6 Å². The minimum absolute atomic E-state index is 0.174. The summed E-state index contributed by atoms with van der Waals surface area (Å²) in [6.45, 7) is 7.93. The van der Waals surface area contributed by atoms with E-state index in [1.165, 1.54) is 12.8 Å². The Labute approximate surface area is 125 Å². The highest BCUT2D eigenvalue weighted by Gasteiger charge is 2.29. The molecule has 0 aliphatic carbocycles. The summed E-state index contributed by atoms with van der Waals surface area (Å²) in [4.78, 5) is 18.9. The Morgan fingerprint density at radius 3 is 2.55 bits per heavy atom. The molecule has 1 aliphatic rings. The topological polar surface area (TPSA) is 45.2 Å². The molecule has 0 bridgehead atoms. The van der Waals surface area contributed by atoms with Gasteiger partial charge in [0.15, 0.2) is 0 Å². The number of thiazole rings is 1. The Bertz CT molecular complexity index is 422. The van der Waals surface area contributed by atoms with Crippen LogP contribution < -0.4 is 5.32 Å². The molecule has 1 amide bonds. The van der Waals surface area contributed by atoms with Crippen molar-refractivity contribution >= 4 is 17.2 Å². The Balaban J connectivity index is 1.96. The van der Waals surface area contributed by atoms with Gasteiger partial charge in [-0.3, -0.25) is 10.1 Å². The maximum absolute atomic E-state index is 12.5. The molecule has 0 spiro atoms. The normalized spacial score (nSPS) is 18.6. The number of carbonyl (C=O) groups excluding carboxylic acids is 1. The van der Waals surface area contributed by atoms with E-state index in [1.54, 1.807) is 11.3 Å². The van der Waals surface area contributed by atoms with E-state index in [0.717, 1.165) is 30.9 Å². The molecular weight excluding hydrogens is 270 g/mol. The molecule has 2 heterocycles. The number of carbonyl (C=O) groups is 1. The largest absolute Gasteiger partial charge is 0.341 e. The van der Waals surface area contributed by atoms with Gasteiger partial charge in [-0.25, -0.2) is 4.98 Å². The number of nitrogens with one attached hydrogen (secondary N) is 1. The standard InChI is InChI=1S/C15H25N3OS/c1-12(13(19)18-9-6-4-5-7-10-18)17-15(2,3)14-16-8-11-20-14/h8,11-12,17H,4-7,9-10H2,1-3H3. The third-order valence-electron chi connectivity index (χ3n) is 3.83. The van der Waals surface area contributed by atoms with E-state index in [4.69, 9.17) is 0 Å². The fraction of sp³-hybridized carbons (Fsp3) is 0.733. The monoisotopic (exact) mass is 295 g/mol. The number of likely N-dealkylation sites (tertiary alicyclic amines) is 1. The predicted molar refractivity (Wildman–Crippen MR) is 82.8 cm³/mol. The maximum Gasteiger partial charge on any atom is 0.239 e. The highest BCUT2D eigenvalue weighted by molar-refractivity contribution is 7.09. The molecule has 4 nitrogen and oxygen atoms in total. The molecule has 20 heavy (non-hydrogen) atoms. The van der Waals surface area contributed by atoms with Gasteiger partial charge in [-0.2, -0.15) is 0 Å². The van der Waals surface area contributed by atoms with Crippen LogP contribution in [0, 0.1) is 0 Å². The Morgan fingerprint density at radius 2 is 2.00 bits per heavy atom. The zero-order valence-corrected chi connectivity index (χ0v) is 13.5. The summed E-state index contributed by atoms with van der Waals surface area (Å²) in [5.41, 5.74) is -0.269. The molecule has 2 rings (SSSR count). The van der Waals surface area contributed by atoms with Gasteiger partial charge in [-0.1, -0.05) is 12.8 Å². The molecule has 1 N–H and O–H groups in total. The van der Waals surface area contributed by atoms with Gasteiger partial charge >= 0.3 is 0 Å². The van der Waals surface area contributed by atoms with E-state index in [9.17, 15) is 4.79 Å². The lowest BCUT2D eigenvalue weighted by Crippen LogP contribution is -2.51. The van der Waals surface area contributed by atoms with Gasteiger partial charge in [0.25, 0.3) is 0 Å². The molecule has 1 atom stereocenters. The average molecular weight is 295 g/mol. The molecular formula is C15H25N3OS. The van der Waals surface area contributed by atoms with Crippen molar-refractivity contribution in [2.45, 2.75) is 58.0 Å². The highest BCUT2D eigenvalue weighted by Crippen LogP contribution is 2.23. The molecule has 1 aromatic heterocycles. The summed E-state index contributed by atoms with van der Waals surface area (Å²) in [6.07, 6.45) is 6.57. The first-order valence-electron chi connectivity index (χ1n) is 7.47. The number of hydrogen-bond acceptors (Lipinski definition) is 4. The Morgan fingerprint density at radius 1 is 1.35 bits per heavy atom. The summed E-state index contributed by atoms with van der Waals surface area (Å²) in [7, 11) is 0. The second-order valence-corrected chi connectivity index (χ2v) is 6.96.